The molecule has 0 unspecified atom stereocenters. The largest absolute Gasteiger partial charge is 0.496 e. The summed E-state index contributed by atoms with van der Waals surface area (Å²) in [5, 5.41) is 3.29. The average Bonchev–Trinajstić information content (AvgIpc) is 2.95. The Balaban J connectivity index is 1.88. The van der Waals surface area contributed by atoms with Crippen LogP contribution in [0.5, 0.6) is 11.5 Å². The van der Waals surface area contributed by atoms with E-state index in [4.69, 9.17) is 9.47 Å². The van der Waals surface area contributed by atoms with E-state index in [2.05, 4.69) is 10.3 Å². The summed E-state index contributed by atoms with van der Waals surface area (Å²) in [6.45, 7) is 0. The number of carbonyl (C=O) groups is 1. The molecular weight excluding hydrogens is 324 g/mol. The summed E-state index contributed by atoms with van der Waals surface area (Å²) in [7, 11) is 3.19. The lowest BCUT2D eigenvalue weighted by molar-refractivity contribution is -0.115. The number of methoxy groups -OCH3 is 2. The van der Waals surface area contributed by atoms with Crippen LogP contribution >= 0.6 is 11.8 Å². The summed E-state index contributed by atoms with van der Waals surface area (Å²) < 4.78 is 10.6. The Hall–Kier alpha value is -2.73. The van der Waals surface area contributed by atoms with Crippen molar-refractivity contribution >= 4 is 34.6 Å². The van der Waals surface area contributed by atoms with Gasteiger partial charge >= 0.3 is 0 Å². The molecule has 0 atom stereocenters. The summed E-state index contributed by atoms with van der Waals surface area (Å²) in [6.07, 6.45) is 1.80. The van der Waals surface area contributed by atoms with Crippen LogP contribution in [-0.4, -0.2) is 25.3 Å². The maximum atomic E-state index is 12.2. The van der Waals surface area contributed by atoms with Crippen molar-refractivity contribution < 1.29 is 14.3 Å². The highest BCUT2D eigenvalue weighted by Crippen LogP contribution is 2.33. The summed E-state index contributed by atoms with van der Waals surface area (Å²) in [6, 6.07) is 14.9. The van der Waals surface area contributed by atoms with E-state index in [0.29, 0.717) is 27.3 Å². The van der Waals surface area contributed by atoms with Gasteiger partial charge in [0.15, 0.2) is 5.17 Å². The van der Waals surface area contributed by atoms with Gasteiger partial charge in [0.05, 0.1) is 19.1 Å². The van der Waals surface area contributed by atoms with Crippen molar-refractivity contribution in [2.75, 3.05) is 14.2 Å². The number of thioether (sulfide) groups is 1. The number of amides is 1. The molecule has 0 saturated carbocycles. The maximum absolute atomic E-state index is 12.2. The molecule has 1 fully saturated rings. The summed E-state index contributed by atoms with van der Waals surface area (Å²) in [5.74, 6) is 1.19. The van der Waals surface area contributed by atoms with E-state index in [9.17, 15) is 4.79 Å². The smallest absolute Gasteiger partial charge is 0.264 e. The van der Waals surface area contributed by atoms with Crippen LogP contribution in [0.15, 0.2) is 58.4 Å². The molecule has 1 amide bonds. The molecule has 0 aliphatic carbocycles. The topological polar surface area (TPSA) is 59.9 Å². The zero-order valence-electron chi connectivity index (χ0n) is 13.3. The average molecular weight is 340 g/mol. The van der Waals surface area contributed by atoms with Crippen LogP contribution in [0.1, 0.15) is 5.56 Å². The Morgan fingerprint density at radius 2 is 1.67 bits per heavy atom. The molecule has 1 heterocycles. The van der Waals surface area contributed by atoms with Crippen LogP contribution in [0.4, 0.5) is 5.69 Å². The zero-order valence-corrected chi connectivity index (χ0v) is 14.1. The number of aliphatic imine (C=N–C) groups is 1. The summed E-state index contributed by atoms with van der Waals surface area (Å²) in [4.78, 5) is 17.2. The van der Waals surface area contributed by atoms with Crippen molar-refractivity contribution in [1.29, 1.82) is 0 Å². The second kappa shape index (κ2) is 7.23. The quantitative estimate of drug-likeness (QED) is 0.864. The van der Waals surface area contributed by atoms with Crippen LogP contribution < -0.4 is 14.8 Å². The van der Waals surface area contributed by atoms with E-state index in [1.807, 2.05) is 48.5 Å². The van der Waals surface area contributed by atoms with Gasteiger partial charge in [-0.3, -0.25) is 4.79 Å². The fourth-order valence-corrected chi connectivity index (χ4v) is 3.06. The predicted octanol–water partition coefficient (Wildman–Crippen LogP) is 3.60. The lowest BCUT2D eigenvalue weighted by Crippen LogP contribution is -2.19. The van der Waals surface area contributed by atoms with Gasteiger partial charge in [0.1, 0.15) is 17.2 Å². The van der Waals surface area contributed by atoms with Crippen molar-refractivity contribution in [3.05, 3.63) is 59.0 Å². The van der Waals surface area contributed by atoms with Gasteiger partial charge in [-0.2, -0.15) is 0 Å². The highest BCUT2D eigenvalue weighted by molar-refractivity contribution is 8.18. The molecule has 1 aliphatic rings. The number of benzene rings is 2. The lowest BCUT2D eigenvalue weighted by atomic mass is 10.2. The minimum absolute atomic E-state index is 0.181. The van der Waals surface area contributed by atoms with Crippen molar-refractivity contribution in [3.8, 4) is 11.5 Å². The van der Waals surface area contributed by atoms with E-state index >= 15 is 0 Å². The number of amidine groups is 1. The fraction of sp³-hybridized carbons (Fsp3) is 0.111. The number of rotatable bonds is 4. The molecule has 2 aromatic carbocycles. The van der Waals surface area contributed by atoms with E-state index in [-0.39, 0.29) is 5.91 Å². The van der Waals surface area contributed by atoms with Gasteiger partial charge < -0.3 is 14.8 Å². The zero-order chi connectivity index (χ0) is 16.9. The number of nitrogens with one attached hydrogen (secondary N) is 1. The first-order chi connectivity index (χ1) is 11.7. The molecule has 0 spiro atoms. The number of hydrogen-bond donors (Lipinski definition) is 1. The Bertz CT molecular complexity index is 831. The van der Waals surface area contributed by atoms with Crippen LogP contribution in [0.2, 0.25) is 0 Å². The number of para-hydroxylation sites is 3. The lowest BCUT2D eigenvalue weighted by Gasteiger charge is -2.04. The van der Waals surface area contributed by atoms with Gasteiger partial charge in [-0.25, -0.2) is 4.99 Å². The molecule has 1 N–H and O–H groups in total. The van der Waals surface area contributed by atoms with Crippen molar-refractivity contribution in [2.45, 2.75) is 0 Å². The molecule has 0 aromatic heterocycles. The number of nitrogens with zero attached hydrogens (tertiary/aromatic N) is 1. The van der Waals surface area contributed by atoms with Gasteiger partial charge in [0.25, 0.3) is 5.91 Å². The third-order valence-electron chi connectivity index (χ3n) is 3.38. The summed E-state index contributed by atoms with van der Waals surface area (Å²) in [5.41, 5.74) is 1.51. The van der Waals surface area contributed by atoms with Crippen LogP contribution in [0.25, 0.3) is 6.08 Å². The maximum Gasteiger partial charge on any atom is 0.264 e. The Kier molecular flexibility index (Phi) is 4.86. The first kappa shape index (κ1) is 16.1. The van der Waals surface area contributed by atoms with Gasteiger partial charge in [0.2, 0.25) is 0 Å². The molecule has 0 radical (unpaired) electrons. The first-order valence-corrected chi connectivity index (χ1v) is 8.08. The highest BCUT2D eigenvalue weighted by Gasteiger charge is 2.24. The minimum Gasteiger partial charge on any atom is -0.496 e. The fourth-order valence-electron chi connectivity index (χ4n) is 2.24. The summed E-state index contributed by atoms with van der Waals surface area (Å²) >= 11 is 1.29. The van der Waals surface area contributed by atoms with Gasteiger partial charge in [-0.1, -0.05) is 30.3 Å². The van der Waals surface area contributed by atoms with E-state index < -0.39 is 0 Å². The Morgan fingerprint density at radius 3 is 2.42 bits per heavy atom. The molecule has 24 heavy (non-hydrogen) atoms. The number of carbonyl (C=O) groups excluding carboxylic acids is 1. The van der Waals surface area contributed by atoms with Crippen LogP contribution in [0, 0.1) is 0 Å². The molecule has 6 heteroatoms. The molecule has 2 aromatic rings. The monoisotopic (exact) mass is 340 g/mol. The third kappa shape index (κ3) is 3.44. The van der Waals surface area contributed by atoms with E-state index in [1.54, 1.807) is 20.3 Å². The van der Waals surface area contributed by atoms with Crippen molar-refractivity contribution in [1.82, 2.24) is 5.32 Å². The molecule has 1 aliphatic heterocycles. The standard InChI is InChI=1S/C18H16N2O3S/c1-22-14-9-5-3-7-12(14)11-16-17(21)20-18(24-16)19-13-8-4-6-10-15(13)23-2/h3-11H,1-2H3,(H,19,20,21). The molecule has 0 bridgehead atoms. The van der Waals surface area contributed by atoms with Crippen molar-refractivity contribution in [2.24, 2.45) is 4.99 Å². The van der Waals surface area contributed by atoms with E-state index in [1.165, 1.54) is 11.8 Å². The number of hydrogen-bond acceptors (Lipinski definition) is 5. The van der Waals surface area contributed by atoms with Gasteiger partial charge in [0, 0.05) is 5.56 Å². The molecule has 3 rings (SSSR count). The van der Waals surface area contributed by atoms with Crippen molar-refractivity contribution in [3.63, 3.8) is 0 Å². The minimum atomic E-state index is -0.181. The number of ether oxygens (including phenoxy) is 2. The second-order valence-corrected chi connectivity index (χ2v) is 5.93. The second-order valence-electron chi connectivity index (χ2n) is 4.90. The Morgan fingerprint density at radius 1 is 1.00 bits per heavy atom. The van der Waals surface area contributed by atoms with Gasteiger partial charge in [-0.05, 0) is 36.0 Å². The predicted molar refractivity (Wildman–Crippen MR) is 96.8 cm³/mol. The first-order valence-electron chi connectivity index (χ1n) is 7.27. The molecular formula is C18H16N2O3S. The molecule has 5 nitrogen and oxygen atoms in total. The van der Waals surface area contributed by atoms with Crippen LogP contribution in [0.3, 0.4) is 0 Å². The van der Waals surface area contributed by atoms with E-state index in [0.717, 1.165) is 5.56 Å². The third-order valence-corrected chi connectivity index (χ3v) is 4.29. The highest BCUT2D eigenvalue weighted by atomic mass is 32.2. The molecule has 122 valence electrons. The normalized spacial score (nSPS) is 17.2. The SMILES string of the molecule is COc1ccccc1C=C1SC(=Nc2ccccc2OC)NC1=O. The Labute approximate surface area is 144 Å². The van der Waals surface area contributed by atoms with Gasteiger partial charge in [-0.15, -0.1) is 0 Å². The molecule has 1 saturated heterocycles. The van der Waals surface area contributed by atoms with Crippen LogP contribution in [-0.2, 0) is 4.79 Å².